The van der Waals surface area contributed by atoms with Crippen molar-refractivity contribution in [3.63, 3.8) is 0 Å². The molecule has 8 heteroatoms. The lowest BCUT2D eigenvalue weighted by molar-refractivity contribution is -0.140. The van der Waals surface area contributed by atoms with Crippen LogP contribution in [-0.2, 0) is 32.6 Å². The van der Waals surface area contributed by atoms with E-state index in [9.17, 15) is 18.0 Å². The molecule has 0 saturated heterocycles. The largest absolute Gasteiger partial charge is 0.352 e. The molecule has 0 aliphatic rings. The number of nitrogens with zero attached hydrogens (tertiary/aromatic N) is 2. The molecule has 2 atom stereocenters. The Kier molecular flexibility index (Phi) is 11.0. The second-order valence-electron chi connectivity index (χ2n) is 11.1. The standard InChI is InChI=1S/C36H41N3O4S/c1-5-29(4)37-36(41)34(24-30-18-8-6-9-19-30)38(25-31-20-14-12-16-27(31)2)35(40)26-39(33-23-15-13-17-28(33)3)44(42,43)32-21-10-7-11-22-32/h6-23,29,34H,5,24-26H2,1-4H3,(H,37,41). The van der Waals surface area contributed by atoms with Crippen LogP contribution in [0.25, 0.3) is 0 Å². The van der Waals surface area contributed by atoms with Gasteiger partial charge in [-0.3, -0.25) is 13.9 Å². The van der Waals surface area contributed by atoms with Crippen LogP contribution in [0.5, 0.6) is 0 Å². The molecule has 0 aliphatic heterocycles. The van der Waals surface area contributed by atoms with Gasteiger partial charge in [-0.25, -0.2) is 8.42 Å². The molecule has 4 aromatic rings. The molecular formula is C36H41N3O4S. The van der Waals surface area contributed by atoms with Gasteiger partial charge in [0.25, 0.3) is 10.0 Å². The summed E-state index contributed by atoms with van der Waals surface area (Å²) in [5.74, 6) is -0.755. The molecule has 0 radical (unpaired) electrons. The Balaban J connectivity index is 1.82. The quantitative estimate of drug-likeness (QED) is 0.199. The number of amides is 2. The van der Waals surface area contributed by atoms with Crippen LogP contribution in [0.3, 0.4) is 0 Å². The first-order valence-electron chi connectivity index (χ1n) is 14.9. The van der Waals surface area contributed by atoms with Crippen molar-refractivity contribution in [1.29, 1.82) is 0 Å². The van der Waals surface area contributed by atoms with E-state index in [4.69, 9.17) is 0 Å². The normalized spacial score (nSPS) is 12.6. The number of carbonyl (C=O) groups is 2. The minimum atomic E-state index is -4.13. The summed E-state index contributed by atoms with van der Waals surface area (Å²) in [6.07, 6.45) is 1.00. The Bertz CT molecular complexity index is 1660. The molecule has 2 amide bonds. The molecular weight excluding hydrogens is 570 g/mol. The first-order valence-corrected chi connectivity index (χ1v) is 16.4. The highest BCUT2D eigenvalue weighted by Gasteiger charge is 2.35. The minimum Gasteiger partial charge on any atom is -0.352 e. The average molecular weight is 612 g/mol. The van der Waals surface area contributed by atoms with Gasteiger partial charge in [0.05, 0.1) is 10.6 Å². The topological polar surface area (TPSA) is 86.8 Å². The van der Waals surface area contributed by atoms with Crippen molar-refractivity contribution in [2.75, 3.05) is 10.8 Å². The van der Waals surface area contributed by atoms with Crippen molar-refractivity contribution >= 4 is 27.5 Å². The molecule has 0 bridgehead atoms. The van der Waals surface area contributed by atoms with Crippen molar-refractivity contribution in [1.82, 2.24) is 10.2 Å². The molecule has 0 aromatic heterocycles. The van der Waals surface area contributed by atoms with Gasteiger partial charge in [-0.2, -0.15) is 0 Å². The van der Waals surface area contributed by atoms with E-state index in [0.717, 1.165) is 27.4 Å². The first-order chi connectivity index (χ1) is 21.1. The summed E-state index contributed by atoms with van der Waals surface area (Å²) in [6.45, 7) is 7.36. The molecule has 4 rings (SSSR count). The van der Waals surface area contributed by atoms with Crippen LogP contribution in [0.2, 0.25) is 0 Å². The Morgan fingerprint density at radius 1 is 0.773 bits per heavy atom. The highest BCUT2D eigenvalue weighted by molar-refractivity contribution is 7.92. The van der Waals surface area contributed by atoms with Crippen molar-refractivity contribution < 1.29 is 18.0 Å². The minimum absolute atomic E-state index is 0.0804. The first kappa shape index (κ1) is 32.5. The second-order valence-corrected chi connectivity index (χ2v) is 12.9. The van der Waals surface area contributed by atoms with Gasteiger partial charge in [-0.15, -0.1) is 0 Å². The third-order valence-corrected chi connectivity index (χ3v) is 9.64. The summed E-state index contributed by atoms with van der Waals surface area (Å²) in [7, 11) is -4.13. The highest BCUT2D eigenvalue weighted by Crippen LogP contribution is 2.28. The third-order valence-electron chi connectivity index (χ3n) is 7.87. The van der Waals surface area contributed by atoms with Gasteiger partial charge in [0.15, 0.2) is 0 Å². The van der Waals surface area contributed by atoms with Gasteiger partial charge < -0.3 is 10.2 Å². The van der Waals surface area contributed by atoms with E-state index in [1.54, 1.807) is 35.2 Å². The zero-order chi connectivity index (χ0) is 31.7. The Labute approximate surface area is 261 Å². The fraction of sp³-hybridized carbons (Fsp3) is 0.278. The molecule has 0 fully saturated rings. The van der Waals surface area contributed by atoms with E-state index in [0.29, 0.717) is 11.3 Å². The van der Waals surface area contributed by atoms with Gasteiger partial charge in [0.1, 0.15) is 12.6 Å². The van der Waals surface area contributed by atoms with Gasteiger partial charge in [-0.05, 0) is 67.6 Å². The van der Waals surface area contributed by atoms with E-state index in [1.165, 1.54) is 12.1 Å². The second kappa shape index (κ2) is 14.8. The van der Waals surface area contributed by atoms with E-state index in [1.807, 2.05) is 94.4 Å². The molecule has 0 saturated carbocycles. The van der Waals surface area contributed by atoms with Crippen molar-refractivity contribution in [3.05, 3.63) is 131 Å². The number of hydrogen-bond acceptors (Lipinski definition) is 4. The van der Waals surface area contributed by atoms with Crippen LogP contribution in [0.15, 0.2) is 114 Å². The monoisotopic (exact) mass is 611 g/mol. The smallest absolute Gasteiger partial charge is 0.264 e. The predicted molar refractivity (Wildman–Crippen MR) is 176 cm³/mol. The third kappa shape index (κ3) is 7.94. The SMILES string of the molecule is CCC(C)NC(=O)C(Cc1ccccc1)N(Cc1ccccc1C)C(=O)CN(c1ccccc1C)S(=O)(=O)c1ccccc1. The number of sulfonamides is 1. The Hall–Kier alpha value is -4.43. The van der Waals surface area contributed by atoms with Crippen molar-refractivity contribution in [2.24, 2.45) is 0 Å². The molecule has 7 nitrogen and oxygen atoms in total. The summed E-state index contributed by atoms with van der Waals surface area (Å²) in [5, 5.41) is 3.07. The van der Waals surface area contributed by atoms with Crippen LogP contribution < -0.4 is 9.62 Å². The fourth-order valence-electron chi connectivity index (χ4n) is 5.04. The maximum Gasteiger partial charge on any atom is 0.264 e. The predicted octanol–water partition coefficient (Wildman–Crippen LogP) is 6.05. The molecule has 0 heterocycles. The van der Waals surface area contributed by atoms with E-state index in [-0.39, 0.29) is 29.8 Å². The van der Waals surface area contributed by atoms with Crippen LogP contribution in [0, 0.1) is 13.8 Å². The van der Waals surface area contributed by atoms with E-state index >= 15 is 0 Å². The summed E-state index contributed by atoms with van der Waals surface area (Å²) in [5.41, 5.74) is 3.86. The van der Waals surface area contributed by atoms with Crippen molar-refractivity contribution in [2.45, 2.75) is 64.1 Å². The van der Waals surface area contributed by atoms with E-state index in [2.05, 4.69) is 5.32 Å². The lowest BCUT2D eigenvalue weighted by atomic mass is 10.0. The van der Waals surface area contributed by atoms with Gasteiger partial charge in [0, 0.05) is 19.0 Å². The number of rotatable bonds is 13. The zero-order valence-corrected chi connectivity index (χ0v) is 26.6. The van der Waals surface area contributed by atoms with Crippen molar-refractivity contribution in [3.8, 4) is 0 Å². The van der Waals surface area contributed by atoms with Crippen LogP contribution in [0.1, 0.15) is 42.5 Å². The van der Waals surface area contributed by atoms with Gasteiger partial charge in [0.2, 0.25) is 11.8 Å². The Morgan fingerprint density at radius 2 is 1.34 bits per heavy atom. The number of nitrogens with one attached hydrogen (secondary N) is 1. The lowest BCUT2D eigenvalue weighted by Gasteiger charge is -2.35. The molecule has 2 unspecified atom stereocenters. The number of benzene rings is 4. The average Bonchev–Trinajstić information content (AvgIpc) is 3.03. The summed E-state index contributed by atoms with van der Waals surface area (Å²) in [4.78, 5) is 30.1. The lowest BCUT2D eigenvalue weighted by Crippen LogP contribution is -2.54. The summed E-state index contributed by atoms with van der Waals surface area (Å²) in [6, 6.07) is 31.5. The van der Waals surface area contributed by atoms with Crippen LogP contribution >= 0.6 is 0 Å². The molecule has 0 aliphatic carbocycles. The molecule has 0 spiro atoms. The summed E-state index contributed by atoms with van der Waals surface area (Å²) < 4.78 is 29.4. The maximum absolute atomic E-state index is 14.6. The number of para-hydroxylation sites is 1. The van der Waals surface area contributed by atoms with Gasteiger partial charge >= 0.3 is 0 Å². The van der Waals surface area contributed by atoms with Gasteiger partial charge in [-0.1, -0.05) is 97.9 Å². The van der Waals surface area contributed by atoms with E-state index < -0.39 is 28.5 Å². The summed E-state index contributed by atoms with van der Waals surface area (Å²) >= 11 is 0. The number of anilines is 1. The Morgan fingerprint density at radius 3 is 1.95 bits per heavy atom. The molecule has 44 heavy (non-hydrogen) atoms. The van der Waals surface area contributed by atoms with Crippen LogP contribution in [0.4, 0.5) is 5.69 Å². The molecule has 230 valence electrons. The number of aryl methyl sites for hydroxylation is 2. The zero-order valence-electron chi connectivity index (χ0n) is 25.8. The fourth-order valence-corrected chi connectivity index (χ4v) is 6.54. The maximum atomic E-state index is 14.6. The molecule has 4 aromatic carbocycles. The molecule has 1 N–H and O–H groups in total. The highest BCUT2D eigenvalue weighted by atomic mass is 32.2. The van der Waals surface area contributed by atoms with Crippen LogP contribution in [-0.4, -0.2) is 43.8 Å². The number of carbonyl (C=O) groups excluding carboxylic acids is 2. The number of hydrogen-bond donors (Lipinski definition) is 1.